The molecule has 3 atom stereocenters. The Morgan fingerprint density at radius 2 is 2.00 bits per heavy atom. The normalized spacial score (nSPS) is 28.5. The largest absolute Gasteiger partial charge is 0.346 e. The lowest BCUT2D eigenvalue weighted by Gasteiger charge is -2.22. The van der Waals surface area contributed by atoms with E-state index in [4.69, 9.17) is 10.7 Å². The van der Waals surface area contributed by atoms with Crippen LogP contribution in [-0.2, 0) is 15.6 Å². The molecule has 2 bridgehead atoms. The molecule has 0 aliphatic heterocycles. The van der Waals surface area contributed by atoms with Gasteiger partial charge in [0, 0.05) is 34.3 Å². The fourth-order valence-electron chi connectivity index (χ4n) is 4.41. The molecule has 2 saturated carbocycles. The SMILES string of the molecule is O=S(=O)(Cl)c1cn(CC2CC3CCC2C3)c2ccccc12. The van der Waals surface area contributed by atoms with Crippen molar-refractivity contribution in [2.75, 3.05) is 0 Å². The topological polar surface area (TPSA) is 39.1 Å². The minimum absolute atomic E-state index is 0.239. The van der Waals surface area contributed by atoms with Gasteiger partial charge < -0.3 is 4.57 Å². The summed E-state index contributed by atoms with van der Waals surface area (Å²) < 4.78 is 25.6. The first kappa shape index (κ1) is 13.6. The number of benzene rings is 1. The van der Waals surface area contributed by atoms with Crippen molar-refractivity contribution in [1.29, 1.82) is 0 Å². The Balaban J connectivity index is 1.75. The average Bonchev–Trinajstić information content (AvgIpc) is 3.12. The molecule has 0 N–H and O–H groups in total. The predicted molar refractivity (Wildman–Crippen MR) is 83.9 cm³/mol. The van der Waals surface area contributed by atoms with Crippen LogP contribution in [-0.4, -0.2) is 13.0 Å². The Morgan fingerprint density at radius 1 is 1.19 bits per heavy atom. The van der Waals surface area contributed by atoms with Gasteiger partial charge in [0.2, 0.25) is 0 Å². The first-order valence-corrected chi connectivity index (χ1v) is 9.86. The Kier molecular flexibility index (Phi) is 3.09. The highest BCUT2D eigenvalue weighted by molar-refractivity contribution is 8.14. The Hall–Kier alpha value is -1.00. The van der Waals surface area contributed by atoms with E-state index in [9.17, 15) is 8.42 Å². The quantitative estimate of drug-likeness (QED) is 0.801. The van der Waals surface area contributed by atoms with E-state index in [0.717, 1.165) is 29.3 Å². The van der Waals surface area contributed by atoms with Gasteiger partial charge in [-0.25, -0.2) is 8.42 Å². The van der Waals surface area contributed by atoms with Crippen LogP contribution in [0.1, 0.15) is 25.7 Å². The second-order valence-corrected chi connectivity index (χ2v) is 9.07. The van der Waals surface area contributed by atoms with Gasteiger partial charge >= 0.3 is 0 Å². The number of rotatable bonds is 3. The van der Waals surface area contributed by atoms with E-state index in [-0.39, 0.29) is 4.90 Å². The van der Waals surface area contributed by atoms with E-state index in [0.29, 0.717) is 5.92 Å². The molecule has 3 unspecified atom stereocenters. The molecule has 1 aromatic carbocycles. The Morgan fingerprint density at radius 3 is 2.67 bits per heavy atom. The minimum atomic E-state index is -3.70. The first-order valence-electron chi connectivity index (χ1n) is 7.55. The molecule has 0 radical (unpaired) electrons. The van der Waals surface area contributed by atoms with Crippen LogP contribution in [0.4, 0.5) is 0 Å². The number of nitrogens with zero attached hydrogens (tertiary/aromatic N) is 1. The number of para-hydroxylation sites is 1. The van der Waals surface area contributed by atoms with E-state index >= 15 is 0 Å². The van der Waals surface area contributed by atoms with Crippen LogP contribution >= 0.6 is 10.7 Å². The highest BCUT2D eigenvalue weighted by Crippen LogP contribution is 2.49. The monoisotopic (exact) mass is 323 g/mol. The molecule has 4 rings (SSSR count). The van der Waals surface area contributed by atoms with Crippen LogP contribution in [0.15, 0.2) is 35.4 Å². The molecule has 2 aromatic rings. The fourth-order valence-corrected chi connectivity index (χ4v) is 5.47. The lowest BCUT2D eigenvalue weighted by atomic mass is 9.89. The van der Waals surface area contributed by atoms with E-state index < -0.39 is 9.05 Å². The summed E-state index contributed by atoms with van der Waals surface area (Å²) in [7, 11) is 1.89. The van der Waals surface area contributed by atoms with Crippen LogP contribution < -0.4 is 0 Å². The summed E-state index contributed by atoms with van der Waals surface area (Å²) in [6.45, 7) is 0.911. The second kappa shape index (κ2) is 4.75. The Labute approximate surface area is 129 Å². The van der Waals surface area contributed by atoms with Crippen LogP contribution in [0, 0.1) is 17.8 Å². The van der Waals surface area contributed by atoms with Crippen molar-refractivity contribution in [2.24, 2.45) is 17.8 Å². The molecule has 2 fully saturated rings. The molecule has 2 aliphatic carbocycles. The molecule has 21 heavy (non-hydrogen) atoms. The van der Waals surface area contributed by atoms with Crippen LogP contribution in [0.5, 0.6) is 0 Å². The summed E-state index contributed by atoms with van der Waals surface area (Å²) in [6, 6.07) is 7.62. The number of fused-ring (bicyclic) bond motifs is 3. The minimum Gasteiger partial charge on any atom is -0.346 e. The van der Waals surface area contributed by atoms with Crippen molar-refractivity contribution < 1.29 is 8.42 Å². The maximum absolute atomic E-state index is 11.8. The summed E-state index contributed by atoms with van der Waals surface area (Å²) in [4.78, 5) is 0.239. The molecular weight excluding hydrogens is 306 g/mol. The number of aromatic nitrogens is 1. The first-order chi connectivity index (χ1) is 10.0. The number of hydrogen-bond acceptors (Lipinski definition) is 2. The number of halogens is 1. The van der Waals surface area contributed by atoms with Gasteiger partial charge in [-0.2, -0.15) is 0 Å². The van der Waals surface area contributed by atoms with Gasteiger partial charge in [-0.15, -0.1) is 0 Å². The summed E-state index contributed by atoms with van der Waals surface area (Å²) in [6.07, 6.45) is 7.10. The molecule has 112 valence electrons. The molecular formula is C16H18ClNO2S. The molecule has 3 nitrogen and oxygen atoms in total. The van der Waals surface area contributed by atoms with Crippen molar-refractivity contribution in [3.05, 3.63) is 30.5 Å². The molecule has 0 amide bonds. The predicted octanol–water partition coefficient (Wildman–Crippen LogP) is 4.01. The van der Waals surface area contributed by atoms with Gasteiger partial charge in [0.25, 0.3) is 9.05 Å². The van der Waals surface area contributed by atoms with Gasteiger partial charge in [-0.1, -0.05) is 24.6 Å². The smallest absolute Gasteiger partial charge is 0.263 e. The second-order valence-electron chi connectivity index (χ2n) is 6.54. The molecule has 0 spiro atoms. The van der Waals surface area contributed by atoms with Gasteiger partial charge in [0.05, 0.1) is 0 Å². The van der Waals surface area contributed by atoms with Crippen LogP contribution in [0.3, 0.4) is 0 Å². The van der Waals surface area contributed by atoms with Crippen molar-refractivity contribution in [2.45, 2.75) is 37.1 Å². The zero-order valence-corrected chi connectivity index (χ0v) is 13.3. The van der Waals surface area contributed by atoms with E-state index in [2.05, 4.69) is 4.57 Å². The molecule has 0 saturated heterocycles. The maximum atomic E-state index is 11.8. The third-order valence-corrected chi connectivity index (χ3v) is 6.68. The van der Waals surface area contributed by atoms with Crippen molar-refractivity contribution in [3.8, 4) is 0 Å². The zero-order valence-electron chi connectivity index (χ0n) is 11.7. The summed E-state index contributed by atoms with van der Waals surface area (Å²) >= 11 is 0. The van der Waals surface area contributed by atoms with Crippen LogP contribution in [0.2, 0.25) is 0 Å². The highest BCUT2D eigenvalue weighted by Gasteiger charge is 2.39. The Bertz CT molecular complexity index is 796. The molecule has 1 aromatic heterocycles. The van der Waals surface area contributed by atoms with Crippen molar-refractivity contribution >= 4 is 30.6 Å². The van der Waals surface area contributed by atoms with Crippen molar-refractivity contribution in [1.82, 2.24) is 4.57 Å². The third-order valence-electron chi connectivity index (χ3n) is 5.33. The molecule has 5 heteroatoms. The lowest BCUT2D eigenvalue weighted by Crippen LogP contribution is -2.16. The highest BCUT2D eigenvalue weighted by atomic mass is 35.7. The summed E-state index contributed by atoms with van der Waals surface area (Å²) in [5.74, 6) is 2.41. The molecule has 2 aliphatic rings. The lowest BCUT2D eigenvalue weighted by molar-refractivity contribution is 0.298. The third kappa shape index (κ3) is 2.29. The average molecular weight is 324 g/mol. The summed E-state index contributed by atoms with van der Waals surface area (Å²) in [5.41, 5.74) is 0.972. The van der Waals surface area contributed by atoms with Gasteiger partial charge in [0.15, 0.2) is 0 Å². The maximum Gasteiger partial charge on any atom is 0.263 e. The van der Waals surface area contributed by atoms with E-state index in [1.54, 1.807) is 6.20 Å². The van der Waals surface area contributed by atoms with Gasteiger partial charge in [-0.3, -0.25) is 0 Å². The standard InChI is InChI=1S/C16H18ClNO2S/c17-21(19,20)16-10-18(15-4-2-1-3-14(15)16)9-13-8-11-5-6-12(13)7-11/h1-4,10-13H,5-9H2. The summed E-state index contributed by atoms with van der Waals surface area (Å²) in [5, 5.41) is 0.732. The van der Waals surface area contributed by atoms with E-state index in [1.807, 2.05) is 24.3 Å². The number of hydrogen-bond donors (Lipinski definition) is 0. The van der Waals surface area contributed by atoms with Gasteiger partial charge in [0.1, 0.15) is 4.90 Å². The van der Waals surface area contributed by atoms with Gasteiger partial charge in [-0.05, 0) is 43.1 Å². The molecule has 1 heterocycles. The fraction of sp³-hybridized carbons (Fsp3) is 0.500. The van der Waals surface area contributed by atoms with Crippen molar-refractivity contribution in [3.63, 3.8) is 0 Å². The van der Waals surface area contributed by atoms with E-state index in [1.165, 1.54) is 25.7 Å². The zero-order chi connectivity index (χ0) is 14.6. The van der Waals surface area contributed by atoms with Crippen LogP contribution in [0.25, 0.3) is 10.9 Å².